The Morgan fingerprint density at radius 2 is 1.78 bits per heavy atom. The molecule has 4 rings (SSSR count). The summed E-state index contributed by atoms with van der Waals surface area (Å²) in [5.41, 5.74) is 1.85. The van der Waals surface area contributed by atoms with E-state index in [-0.39, 0.29) is 23.3 Å². The lowest BCUT2D eigenvalue weighted by Gasteiger charge is -2.06. The SMILES string of the molecule is O=c1c2nnn(Cc3ccccc3)c2ncn1Cc1cccc([N+](=O)[O-])c1. The molecule has 0 N–H and O–H groups in total. The first-order valence-electron chi connectivity index (χ1n) is 8.18. The standard InChI is InChI=1S/C18H14N6O3/c25-18-16-17(23(21-20-16)11-13-5-2-1-3-6-13)19-12-22(18)10-14-7-4-8-15(9-14)24(26)27/h1-9,12H,10-11H2. The highest BCUT2D eigenvalue weighted by molar-refractivity contribution is 5.67. The van der Waals surface area contributed by atoms with Gasteiger partial charge in [-0.2, -0.15) is 0 Å². The van der Waals surface area contributed by atoms with Crippen molar-refractivity contribution in [3.05, 3.63) is 92.5 Å². The van der Waals surface area contributed by atoms with Crippen LogP contribution in [0.2, 0.25) is 0 Å². The van der Waals surface area contributed by atoms with Crippen LogP contribution < -0.4 is 5.56 Å². The van der Waals surface area contributed by atoms with E-state index in [0.717, 1.165) is 5.56 Å². The third kappa shape index (κ3) is 3.30. The molecule has 0 amide bonds. The Morgan fingerprint density at radius 3 is 2.56 bits per heavy atom. The zero-order valence-electron chi connectivity index (χ0n) is 14.1. The van der Waals surface area contributed by atoms with Crippen molar-refractivity contribution in [3.8, 4) is 0 Å². The fourth-order valence-corrected chi connectivity index (χ4v) is 2.83. The maximum absolute atomic E-state index is 12.7. The predicted molar refractivity (Wildman–Crippen MR) is 97.3 cm³/mol. The lowest BCUT2D eigenvalue weighted by molar-refractivity contribution is -0.384. The molecule has 134 valence electrons. The molecule has 2 aromatic carbocycles. The van der Waals surface area contributed by atoms with Gasteiger partial charge in [-0.05, 0) is 11.1 Å². The summed E-state index contributed by atoms with van der Waals surface area (Å²) in [6.45, 7) is 0.619. The lowest BCUT2D eigenvalue weighted by Crippen LogP contribution is -2.21. The summed E-state index contributed by atoms with van der Waals surface area (Å²) in [6, 6.07) is 15.8. The van der Waals surface area contributed by atoms with Gasteiger partial charge in [0.05, 0.1) is 18.0 Å². The van der Waals surface area contributed by atoms with E-state index in [9.17, 15) is 14.9 Å². The quantitative estimate of drug-likeness (QED) is 0.397. The first-order valence-corrected chi connectivity index (χ1v) is 8.18. The van der Waals surface area contributed by atoms with Gasteiger partial charge in [-0.15, -0.1) is 5.10 Å². The molecular formula is C18H14N6O3. The molecule has 0 radical (unpaired) electrons. The van der Waals surface area contributed by atoms with Crippen molar-refractivity contribution in [2.75, 3.05) is 0 Å². The minimum absolute atomic E-state index is 0.0246. The molecule has 0 bridgehead atoms. The molecule has 0 unspecified atom stereocenters. The largest absolute Gasteiger partial charge is 0.293 e. The molecule has 0 fully saturated rings. The molecule has 2 heterocycles. The molecule has 2 aromatic heterocycles. The van der Waals surface area contributed by atoms with Gasteiger partial charge in [0.25, 0.3) is 11.2 Å². The fraction of sp³-hybridized carbons (Fsp3) is 0.111. The maximum atomic E-state index is 12.7. The van der Waals surface area contributed by atoms with Gasteiger partial charge in [0.2, 0.25) is 0 Å². The van der Waals surface area contributed by atoms with Crippen LogP contribution in [0.3, 0.4) is 0 Å². The van der Waals surface area contributed by atoms with Gasteiger partial charge in [-0.25, -0.2) is 9.67 Å². The number of nitrogens with zero attached hydrogens (tertiary/aromatic N) is 6. The molecule has 0 aliphatic rings. The van der Waals surface area contributed by atoms with Crippen molar-refractivity contribution in [2.45, 2.75) is 13.1 Å². The Labute approximate surface area is 152 Å². The normalized spacial score (nSPS) is 11.0. The number of aromatic nitrogens is 5. The Kier molecular flexibility index (Phi) is 4.17. The predicted octanol–water partition coefficient (Wildman–Crippen LogP) is 1.99. The number of benzene rings is 2. The highest BCUT2D eigenvalue weighted by atomic mass is 16.6. The highest BCUT2D eigenvalue weighted by Crippen LogP contribution is 2.14. The van der Waals surface area contributed by atoms with E-state index in [2.05, 4.69) is 15.3 Å². The van der Waals surface area contributed by atoms with E-state index >= 15 is 0 Å². The average molecular weight is 362 g/mol. The van der Waals surface area contributed by atoms with Crippen molar-refractivity contribution in [1.82, 2.24) is 24.5 Å². The number of hydrogen-bond donors (Lipinski definition) is 0. The summed E-state index contributed by atoms with van der Waals surface area (Å²) in [4.78, 5) is 27.4. The van der Waals surface area contributed by atoms with Gasteiger partial charge < -0.3 is 0 Å². The van der Waals surface area contributed by atoms with Crippen LogP contribution in [-0.4, -0.2) is 29.5 Å². The van der Waals surface area contributed by atoms with Gasteiger partial charge in [-0.1, -0.05) is 47.7 Å². The minimum Gasteiger partial charge on any atom is -0.293 e. The van der Waals surface area contributed by atoms with Crippen LogP contribution in [0.25, 0.3) is 11.2 Å². The van der Waals surface area contributed by atoms with Crippen LogP contribution in [0, 0.1) is 10.1 Å². The van der Waals surface area contributed by atoms with Crippen LogP contribution in [0.4, 0.5) is 5.69 Å². The Balaban J connectivity index is 1.66. The molecule has 27 heavy (non-hydrogen) atoms. The first-order chi connectivity index (χ1) is 13.1. The summed E-state index contributed by atoms with van der Waals surface area (Å²) in [6.07, 6.45) is 1.41. The zero-order chi connectivity index (χ0) is 18.8. The van der Waals surface area contributed by atoms with E-state index in [1.54, 1.807) is 16.8 Å². The minimum atomic E-state index is -0.469. The van der Waals surface area contributed by atoms with E-state index < -0.39 is 4.92 Å². The summed E-state index contributed by atoms with van der Waals surface area (Å²) >= 11 is 0. The molecule has 0 aliphatic heterocycles. The number of non-ortho nitro benzene ring substituents is 1. The molecule has 9 nitrogen and oxygen atoms in total. The van der Waals surface area contributed by atoms with Gasteiger partial charge >= 0.3 is 0 Å². The molecule has 0 atom stereocenters. The molecule has 4 aromatic rings. The van der Waals surface area contributed by atoms with Crippen LogP contribution in [-0.2, 0) is 13.1 Å². The summed E-state index contributed by atoms with van der Waals surface area (Å²) < 4.78 is 2.94. The zero-order valence-corrected chi connectivity index (χ0v) is 14.1. The molecule has 0 saturated heterocycles. The Morgan fingerprint density at radius 1 is 1.00 bits per heavy atom. The van der Waals surface area contributed by atoms with Crippen molar-refractivity contribution in [2.24, 2.45) is 0 Å². The van der Waals surface area contributed by atoms with E-state index in [4.69, 9.17) is 0 Å². The van der Waals surface area contributed by atoms with Crippen molar-refractivity contribution in [3.63, 3.8) is 0 Å². The number of nitro groups is 1. The van der Waals surface area contributed by atoms with Gasteiger partial charge in [0.1, 0.15) is 6.33 Å². The van der Waals surface area contributed by atoms with Crippen LogP contribution in [0.1, 0.15) is 11.1 Å². The second kappa shape index (κ2) is 6.79. The van der Waals surface area contributed by atoms with Crippen LogP contribution in [0.15, 0.2) is 65.7 Å². The number of nitro benzene ring substituents is 1. The Bertz CT molecular complexity index is 1180. The highest BCUT2D eigenvalue weighted by Gasteiger charge is 2.13. The fourth-order valence-electron chi connectivity index (χ4n) is 2.83. The second-order valence-corrected chi connectivity index (χ2v) is 6.01. The van der Waals surface area contributed by atoms with Gasteiger partial charge in [-0.3, -0.25) is 19.5 Å². The van der Waals surface area contributed by atoms with Crippen LogP contribution >= 0.6 is 0 Å². The molecular weight excluding hydrogens is 348 g/mol. The first kappa shape index (κ1) is 16.6. The van der Waals surface area contributed by atoms with E-state index in [1.807, 2.05) is 30.3 Å². The monoisotopic (exact) mass is 362 g/mol. The van der Waals surface area contributed by atoms with E-state index in [1.165, 1.54) is 23.0 Å². The average Bonchev–Trinajstić information content (AvgIpc) is 3.08. The molecule has 0 saturated carbocycles. The molecule has 0 aliphatic carbocycles. The molecule has 9 heteroatoms. The number of hydrogen-bond acceptors (Lipinski definition) is 6. The van der Waals surface area contributed by atoms with Crippen molar-refractivity contribution < 1.29 is 4.92 Å². The van der Waals surface area contributed by atoms with Crippen molar-refractivity contribution >= 4 is 16.9 Å². The summed E-state index contributed by atoms with van der Waals surface area (Å²) in [7, 11) is 0. The van der Waals surface area contributed by atoms with Crippen LogP contribution in [0.5, 0.6) is 0 Å². The second-order valence-electron chi connectivity index (χ2n) is 6.01. The maximum Gasteiger partial charge on any atom is 0.283 e. The topological polar surface area (TPSA) is 109 Å². The number of fused-ring (bicyclic) bond motifs is 1. The third-order valence-electron chi connectivity index (χ3n) is 4.14. The van der Waals surface area contributed by atoms with Gasteiger partial charge in [0.15, 0.2) is 11.2 Å². The van der Waals surface area contributed by atoms with Crippen molar-refractivity contribution in [1.29, 1.82) is 0 Å². The van der Waals surface area contributed by atoms with Gasteiger partial charge in [0, 0.05) is 12.1 Å². The summed E-state index contributed by atoms with van der Waals surface area (Å²) in [5, 5.41) is 18.9. The number of rotatable bonds is 5. The smallest absolute Gasteiger partial charge is 0.283 e. The summed E-state index contributed by atoms with van der Waals surface area (Å²) in [5.74, 6) is 0. The third-order valence-corrected chi connectivity index (χ3v) is 4.14. The molecule has 0 spiro atoms. The Hall–Kier alpha value is -3.88. The lowest BCUT2D eigenvalue weighted by atomic mass is 10.2. The van der Waals surface area contributed by atoms with E-state index in [0.29, 0.717) is 17.8 Å².